The molecule has 1 atom stereocenters. The summed E-state index contributed by atoms with van der Waals surface area (Å²) in [5.41, 5.74) is -1.43. The molecule has 1 heterocycles. The van der Waals surface area contributed by atoms with Gasteiger partial charge in [0, 0.05) is 13.7 Å². The number of methoxy groups -OCH3 is 1. The van der Waals surface area contributed by atoms with Crippen LogP contribution in [-0.4, -0.2) is 54.1 Å². The van der Waals surface area contributed by atoms with Crippen LogP contribution in [0.1, 0.15) is 27.2 Å². The second kappa shape index (κ2) is 4.59. The van der Waals surface area contributed by atoms with Gasteiger partial charge in [-0.2, -0.15) is 0 Å². The van der Waals surface area contributed by atoms with Crippen LogP contribution in [0.2, 0.25) is 0 Å². The monoisotopic (exact) mass is 231 g/mol. The minimum absolute atomic E-state index is 0.242. The maximum atomic E-state index is 11.7. The molecule has 1 saturated heterocycles. The average Bonchev–Trinajstić information content (AvgIpc) is 2.45. The summed E-state index contributed by atoms with van der Waals surface area (Å²) < 4.78 is 10.2. The van der Waals surface area contributed by atoms with Crippen LogP contribution < -0.4 is 0 Å². The number of hydrogen-bond acceptors (Lipinski definition) is 4. The first-order valence-electron chi connectivity index (χ1n) is 5.45. The van der Waals surface area contributed by atoms with E-state index in [9.17, 15) is 9.90 Å². The van der Waals surface area contributed by atoms with Crippen molar-refractivity contribution in [3.8, 4) is 0 Å². The van der Waals surface area contributed by atoms with Gasteiger partial charge in [-0.1, -0.05) is 0 Å². The Bertz CT molecular complexity index is 261. The molecule has 0 aliphatic carbocycles. The van der Waals surface area contributed by atoms with Crippen LogP contribution in [0, 0.1) is 0 Å². The zero-order chi connectivity index (χ0) is 12.4. The molecule has 0 saturated carbocycles. The molecule has 1 N–H and O–H groups in total. The maximum Gasteiger partial charge on any atom is 0.410 e. The lowest BCUT2D eigenvalue weighted by atomic mass is 10.1. The summed E-state index contributed by atoms with van der Waals surface area (Å²) in [6.45, 7) is 6.49. The zero-order valence-corrected chi connectivity index (χ0v) is 10.4. The van der Waals surface area contributed by atoms with Crippen LogP contribution in [0.15, 0.2) is 0 Å². The van der Waals surface area contributed by atoms with Gasteiger partial charge in [0.25, 0.3) is 0 Å². The van der Waals surface area contributed by atoms with Crippen molar-refractivity contribution >= 4 is 6.09 Å². The molecule has 1 aliphatic rings. The number of aliphatic hydroxyl groups is 1. The van der Waals surface area contributed by atoms with Gasteiger partial charge in [-0.15, -0.1) is 0 Å². The SMILES string of the molecule is COCC1(O)CCN(C(=O)OC(C)(C)C)C1. The molecule has 0 aromatic rings. The van der Waals surface area contributed by atoms with Gasteiger partial charge in [0.15, 0.2) is 0 Å². The molecule has 0 aromatic heterocycles. The Balaban J connectivity index is 2.50. The minimum Gasteiger partial charge on any atom is -0.444 e. The number of β-amino-alcohol motifs (C(OH)–C–C–N with tert-alkyl or cyclic N) is 1. The summed E-state index contributed by atoms with van der Waals surface area (Å²) in [5, 5.41) is 10.0. The summed E-state index contributed by atoms with van der Waals surface area (Å²) in [4.78, 5) is 13.2. The minimum atomic E-state index is -0.925. The number of ether oxygens (including phenoxy) is 2. The summed E-state index contributed by atoms with van der Waals surface area (Å²) in [5.74, 6) is 0. The molecule has 0 bridgehead atoms. The molecule has 1 aliphatic heterocycles. The second-order valence-electron chi connectivity index (χ2n) is 5.31. The zero-order valence-electron chi connectivity index (χ0n) is 10.4. The number of amides is 1. The molecular formula is C11H21NO4. The number of rotatable bonds is 2. The lowest BCUT2D eigenvalue weighted by molar-refractivity contribution is -0.0264. The van der Waals surface area contributed by atoms with Gasteiger partial charge in [-0.05, 0) is 27.2 Å². The molecule has 16 heavy (non-hydrogen) atoms. The van der Waals surface area contributed by atoms with Crippen molar-refractivity contribution in [2.24, 2.45) is 0 Å². The van der Waals surface area contributed by atoms with Crippen molar-refractivity contribution in [3.63, 3.8) is 0 Å². The molecule has 0 radical (unpaired) electrons. The smallest absolute Gasteiger partial charge is 0.410 e. The number of nitrogens with zero attached hydrogens (tertiary/aromatic N) is 1. The average molecular weight is 231 g/mol. The van der Waals surface area contributed by atoms with Crippen molar-refractivity contribution in [3.05, 3.63) is 0 Å². The van der Waals surface area contributed by atoms with Crippen LogP contribution >= 0.6 is 0 Å². The fraction of sp³-hybridized carbons (Fsp3) is 0.909. The quantitative estimate of drug-likeness (QED) is 0.770. The highest BCUT2D eigenvalue weighted by Gasteiger charge is 2.39. The predicted molar refractivity (Wildman–Crippen MR) is 59.2 cm³/mol. The molecule has 1 unspecified atom stereocenters. The molecule has 0 spiro atoms. The van der Waals surface area contributed by atoms with Crippen molar-refractivity contribution in [2.45, 2.75) is 38.4 Å². The molecule has 94 valence electrons. The van der Waals surface area contributed by atoms with Crippen molar-refractivity contribution < 1.29 is 19.4 Å². The van der Waals surface area contributed by atoms with Gasteiger partial charge in [0.05, 0.1) is 13.2 Å². The number of carbonyl (C=O) groups is 1. The van der Waals surface area contributed by atoms with Crippen LogP contribution in [0.3, 0.4) is 0 Å². The number of likely N-dealkylation sites (tertiary alicyclic amines) is 1. The Labute approximate surface area is 96.3 Å². The van der Waals surface area contributed by atoms with E-state index >= 15 is 0 Å². The Morgan fingerprint density at radius 2 is 2.12 bits per heavy atom. The summed E-state index contributed by atoms with van der Waals surface area (Å²) in [7, 11) is 1.54. The first-order chi connectivity index (χ1) is 7.26. The van der Waals surface area contributed by atoms with Gasteiger partial charge in [-0.25, -0.2) is 4.79 Å². The molecule has 0 aromatic carbocycles. The highest BCUT2D eigenvalue weighted by Crippen LogP contribution is 2.23. The molecule has 1 fully saturated rings. The first-order valence-corrected chi connectivity index (χ1v) is 5.45. The topological polar surface area (TPSA) is 59.0 Å². The van der Waals surface area contributed by atoms with Crippen LogP contribution in [0.25, 0.3) is 0 Å². The highest BCUT2D eigenvalue weighted by atomic mass is 16.6. The molecule has 1 rings (SSSR count). The highest BCUT2D eigenvalue weighted by molar-refractivity contribution is 5.68. The second-order valence-corrected chi connectivity index (χ2v) is 5.31. The summed E-state index contributed by atoms with van der Waals surface area (Å²) in [6, 6.07) is 0. The lowest BCUT2D eigenvalue weighted by Crippen LogP contribution is -2.41. The third-order valence-corrected chi connectivity index (χ3v) is 2.40. The van der Waals surface area contributed by atoms with E-state index in [4.69, 9.17) is 9.47 Å². The van der Waals surface area contributed by atoms with E-state index in [0.29, 0.717) is 13.0 Å². The van der Waals surface area contributed by atoms with E-state index in [-0.39, 0.29) is 19.2 Å². The Morgan fingerprint density at radius 3 is 2.62 bits per heavy atom. The van der Waals surface area contributed by atoms with Crippen molar-refractivity contribution in [1.82, 2.24) is 4.90 Å². The van der Waals surface area contributed by atoms with Crippen molar-refractivity contribution in [2.75, 3.05) is 26.8 Å². The van der Waals surface area contributed by atoms with Gasteiger partial charge in [-0.3, -0.25) is 0 Å². The van der Waals surface area contributed by atoms with E-state index in [1.54, 1.807) is 0 Å². The molecule has 1 amide bonds. The summed E-state index contributed by atoms with van der Waals surface area (Å²) >= 11 is 0. The normalized spacial score (nSPS) is 25.9. The molecule has 5 heteroatoms. The van der Waals surface area contributed by atoms with E-state index in [2.05, 4.69) is 0 Å². The maximum absolute atomic E-state index is 11.7. The Morgan fingerprint density at radius 1 is 1.50 bits per heavy atom. The van der Waals surface area contributed by atoms with Gasteiger partial charge in [0.2, 0.25) is 0 Å². The van der Waals surface area contributed by atoms with Crippen LogP contribution in [0.5, 0.6) is 0 Å². The standard InChI is InChI=1S/C11H21NO4/c1-10(2,3)16-9(13)12-6-5-11(14,7-12)8-15-4/h14H,5-8H2,1-4H3. The van der Waals surface area contributed by atoms with E-state index in [1.165, 1.54) is 12.0 Å². The fourth-order valence-corrected chi connectivity index (χ4v) is 1.73. The van der Waals surface area contributed by atoms with E-state index < -0.39 is 11.2 Å². The first kappa shape index (κ1) is 13.3. The van der Waals surface area contributed by atoms with Crippen molar-refractivity contribution in [1.29, 1.82) is 0 Å². The summed E-state index contributed by atoms with van der Waals surface area (Å²) in [6.07, 6.45) is 0.152. The molecule has 5 nitrogen and oxygen atoms in total. The van der Waals surface area contributed by atoms with Crippen LogP contribution in [0.4, 0.5) is 4.79 Å². The predicted octanol–water partition coefficient (Wildman–Crippen LogP) is 1.00. The number of carbonyl (C=O) groups excluding carboxylic acids is 1. The Kier molecular flexibility index (Phi) is 3.80. The van der Waals surface area contributed by atoms with E-state index in [0.717, 1.165) is 0 Å². The van der Waals surface area contributed by atoms with Gasteiger partial charge < -0.3 is 19.5 Å². The number of hydrogen-bond donors (Lipinski definition) is 1. The largest absolute Gasteiger partial charge is 0.444 e. The van der Waals surface area contributed by atoms with Gasteiger partial charge >= 0.3 is 6.09 Å². The van der Waals surface area contributed by atoms with Crippen LogP contribution in [-0.2, 0) is 9.47 Å². The third-order valence-electron chi connectivity index (χ3n) is 2.40. The fourth-order valence-electron chi connectivity index (χ4n) is 1.73. The Hall–Kier alpha value is -0.810. The molecular weight excluding hydrogens is 210 g/mol. The lowest BCUT2D eigenvalue weighted by Gasteiger charge is -2.26. The van der Waals surface area contributed by atoms with E-state index in [1.807, 2.05) is 20.8 Å². The van der Waals surface area contributed by atoms with Gasteiger partial charge in [0.1, 0.15) is 11.2 Å². The third kappa shape index (κ3) is 3.64.